The molecular weight excluding hydrogens is 420 g/mol. The maximum absolute atomic E-state index is 13.6. The third kappa shape index (κ3) is 3.89. The Morgan fingerprint density at radius 2 is 1.62 bits per heavy atom. The third-order valence-electron chi connectivity index (χ3n) is 5.50. The molecule has 0 spiro atoms. The van der Waals surface area contributed by atoms with Gasteiger partial charge in [-0.3, -0.25) is 4.79 Å². The number of carbonyl (C=O) groups excluding carboxylic acids is 2. The number of benzene rings is 2. The standard InChI is InChI=1S/C26H24N2O3S/c1-5-31-26(30)22-15(2)17(4)32-25(22)28-24(29)21-16(3)23(18-11-7-6-8-12-18)27-20-14-10-9-13-19(20)21/h6-14H,5H2,1-4H3,(H,28,29). The molecule has 0 unspecified atom stereocenters. The van der Waals surface area contributed by atoms with Crippen molar-refractivity contribution in [1.82, 2.24) is 4.98 Å². The first-order valence-electron chi connectivity index (χ1n) is 10.5. The molecule has 2 aromatic carbocycles. The van der Waals surface area contributed by atoms with Crippen molar-refractivity contribution in [1.29, 1.82) is 0 Å². The zero-order valence-electron chi connectivity index (χ0n) is 18.5. The Morgan fingerprint density at radius 3 is 2.34 bits per heavy atom. The number of ether oxygens (including phenoxy) is 1. The molecule has 32 heavy (non-hydrogen) atoms. The molecule has 0 aliphatic heterocycles. The van der Waals surface area contributed by atoms with Crippen LogP contribution in [0.1, 0.15) is 43.6 Å². The van der Waals surface area contributed by atoms with Gasteiger partial charge in [0.05, 0.1) is 28.9 Å². The van der Waals surface area contributed by atoms with Crippen LogP contribution >= 0.6 is 11.3 Å². The summed E-state index contributed by atoms with van der Waals surface area (Å²) in [5.74, 6) is -0.698. The predicted molar refractivity (Wildman–Crippen MR) is 130 cm³/mol. The van der Waals surface area contributed by atoms with E-state index in [2.05, 4.69) is 5.32 Å². The van der Waals surface area contributed by atoms with Crippen LogP contribution < -0.4 is 5.32 Å². The first-order valence-corrected chi connectivity index (χ1v) is 11.3. The molecule has 6 heteroatoms. The summed E-state index contributed by atoms with van der Waals surface area (Å²) in [4.78, 5) is 32.0. The smallest absolute Gasteiger partial charge is 0.341 e. The van der Waals surface area contributed by atoms with E-state index in [1.807, 2.05) is 75.4 Å². The molecule has 1 amide bonds. The first-order chi connectivity index (χ1) is 15.4. The maximum atomic E-state index is 13.6. The van der Waals surface area contributed by atoms with Crippen molar-refractivity contribution in [2.75, 3.05) is 11.9 Å². The highest BCUT2D eigenvalue weighted by Gasteiger charge is 2.25. The minimum Gasteiger partial charge on any atom is -0.462 e. The summed E-state index contributed by atoms with van der Waals surface area (Å²) in [7, 11) is 0. The monoisotopic (exact) mass is 444 g/mol. The fourth-order valence-electron chi connectivity index (χ4n) is 3.81. The van der Waals surface area contributed by atoms with Gasteiger partial charge in [-0.15, -0.1) is 11.3 Å². The lowest BCUT2D eigenvalue weighted by molar-refractivity contribution is 0.0527. The number of nitrogens with one attached hydrogen (secondary N) is 1. The molecule has 2 heterocycles. The Morgan fingerprint density at radius 1 is 0.938 bits per heavy atom. The van der Waals surface area contributed by atoms with E-state index in [9.17, 15) is 9.59 Å². The highest BCUT2D eigenvalue weighted by atomic mass is 32.1. The number of para-hydroxylation sites is 1. The minimum atomic E-state index is -0.425. The lowest BCUT2D eigenvalue weighted by atomic mass is 9.97. The van der Waals surface area contributed by atoms with Crippen molar-refractivity contribution in [3.8, 4) is 11.3 Å². The average Bonchev–Trinajstić information content (AvgIpc) is 3.06. The number of nitrogens with zero attached hydrogens (tertiary/aromatic N) is 1. The molecule has 0 atom stereocenters. The number of aryl methyl sites for hydroxylation is 1. The molecule has 0 aliphatic rings. The Labute approximate surface area is 191 Å². The van der Waals surface area contributed by atoms with Crippen LogP contribution in [0.25, 0.3) is 22.2 Å². The third-order valence-corrected chi connectivity index (χ3v) is 6.62. The van der Waals surface area contributed by atoms with E-state index in [-0.39, 0.29) is 12.5 Å². The number of pyridine rings is 1. The number of anilines is 1. The number of aromatic nitrogens is 1. The van der Waals surface area contributed by atoms with Gasteiger partial charge in [-0.25, -0.2) is 9.78 Å². The van der Waals surface area contributed by atoms with E-state index < -0.39 is 5.97 Å². The average molecular weight is 445 g/mol. The fourth-order valence-corrected chi connectivity index (χ4v) is 4.85. The second-order valence-corrected chi connectivity index (χ2v) is 8.73. The molecule has 5 nitrogen and oxygen atoms in total. The molecule has 0 bridgehead atoms. The second kappa shape index (κ2) is 8.93. The van der Waals surface area contributed by atoms with Gasteiger partial charge in [-0.1, -0.05) is 48.5 Å². The molecule has 0 saturated heterocycles. The summed E-state index contributed by atoms with van der Waals surface area (Å²) in [6.45, 7) is 7.75. The fraction of sp³-hybridized carbons (Fsp3) is 0.192. The van der Waals surface area contributed by atoms with E-state index in [1.165, 1.54) is 11.3 Å². The number of hydrogen-bond acceptors (Lipinski definition) is 5. The Balaban J connectivity index is 1.84. The lowest BCUT2D eigenvalue weighted by Gasteiger charge is -2.15. The number of thiophene rings is 1. The van der Waals surface area contributed by atoms with Gasteiger partial charge in [-0.2, -0.15) is 0 Å². The van der Waals surface area contributed by atoms with Crippen LogP contribution in [0.3, 0.4) is 0 Å². The molecule has 4 aromatic rings. The number of esters is 1. The van der Waals surface area contributed by atoms with Crippen LogP contribution in [0.2, 0.25) is 0 Å². The van der Waals surface area contributed by atoms with Crippen molar-refractivity contribution in [3.63, 3.8) is 0 Å². The number of amides is 1. The molecular formula is C26H24N2O3S. The highest BCUT2D eigenvalue weighted by Crippen LogP contribution is 2.35. The summed E-state index contributed by atoms with van der Waals surface area (Å²) in [6, 6.07) is 17.4. The Bertz CT molecular complexity index is 1330. The largest absolute Gasteiger partial charge is 0.462 e. The highest BCUT2D eigenvalue weighted by molar-refractivity contribution is 7.16. The molecule has 0 fully saturated rings. The second-order valence-electron chi connectivity index (χ2n) is 7.51. The molecule has 0 aliphatic carbocycles. The van der Waals surface area contributed by atoms with Gasteiger partial charge >= 0.3 is 5.97 Å². The quantitative estimate of drug-likeness (QED) is 0.366. The van der Waals surface area contributed by atoms with Gasteiger partial charge < -0.3 is 10.1 Å². The number of hydrogen-bond donors (Lipinski definition) is 1. The topological polar surface area (TPSA) is 68.3 Å². The Kier molecular flexibility index (Phi) is 6.06. The van der Waals surface area contributed by atoms with Crippen LogP contribution in [0.4, 0.5) is 5.00 Å². The van der Waals surface area contributed by atoms with Gasteiger partial charge in [0.2, 0.25) is 0 Å². The van der Waals surface area contributed by atoms with E-state index in [1.54, 1.807) is 6.92 Å². The van der Waals surface area contributed by atoms with Crippen molar-refractivity contribution >= 4 is 39.1 Å². The SMILES string of the molecule is CCOC(=O)c1c(NC(=O)c2c(C)c(-c3ccccc3)nc3ccccc23)sc(C)c1C. The van der Waals surface area contributed by atoms with Crippen molar-refractivity contribution < 1.29 is 14.3 Å². The van der Waals surface area contributed by atoms with Gasteiger partial charge in [-0.05, 0) is 44.9 Å². The minimum absolute atomic E-state index is 0.273. The summed E-state index contributed by atoms with van der Waals surface area (Å²) < 4.78 is 5.23. The van der Waals surface area contributed by atoms with Gasteiger partial charge in [0.1, 0.15) is 5.00 Å². The van der Waals surface area contributed by atoms with Crippen molar-refractivity contribution in [3.05, 3.63) is 81.7 Å². The van der Waals surface area contributed by atoms with Crippen LogP contribution in [0.5, 0.6) is 0 Å². The normalized spacial score (nSPS) is 10.9. The summed E-state index contributed by atoms with van der Waals surface area (Å²) in [6.07, 6.45) is 0. The zero-order chi connectivity index (χ0) is 22.8. The molecule has 0 radical (unpaired) electrons. The molecule has 1 N–H and O–H groups in total. The summed E-state index contributed by atoms with van der Waals surface area (Å²) in [5, 5.41) is 4.26. The maximum Gasteiger partial charge on any atom is 0.341 e. The number of carbonyl (C=O) groups is 2. The van der Waals surface area contributed by atoms with E-state index >= 15 is 0 Å². The summed E-state index contributed by atoms with van der Waals surface area (Å²) in [5.41, 5.74) is 5.03. The molecule has 4 rings (SSSR count). The van der Waals surface area contributed by atoms with Gasteiger partial charge in [0.15, 0.2) is 0 Å². The van der Waals surface area contributed by atoms with E-state index in [0.717, 1.165) is 38.2 Å². The van der Waals surface area contributed by atoms with Crippen molar-refractivity contribution in [2.45, 2.75) is 27.7 Å². The van der Waals surface area contributed by atoms with E-state index in [4.69, 9.17) is 9.72 Å². The predicted octanol–water partition coefficient (Wildman–Crippen LogP) is 6.32. The molecule has 2 aromatic heterocycles. The van der Waals surface area contributed by atoms with Crippen molar-refractivity contribution in [2.24, 2.45) is 0 Å². The first kappa shape index (κ1) is 21.7. The zero-order valence-corrected chi connectivity index (χ0v) is 19.3. The molecule has 0 saturated carbocycles. The van der Waals surface area contributed by atoms with Crippen LogP contribution in [0, 0.1) is 20.8 Å². The van der Waals surface area contributed by atoms with Crippen LogP contribution in [-0.4, -0.2) is 23.5 Å². The van der Waals surface area contributed by atoms with Crippen LogP contribution in [0.15, 0.2) is 54.6 Å². The van der Waals surface area contributed by atoms with Crippen LogP contribution in [-0.2, 0) is 4.74 Å². The lowest BCUT2D eigenvalue weighted by Crippen LogP contribution is -2.17. The summed E-state index contributed by atoms with van der Waals surface area (Å²) >= 11 is 1.38. The number of rotatable bonds is 5. The molecule has 162 valence electrons. The van der Waals surface area contributed by atoms with Gasteiger partial charge in [0.25, 0.3) is 5.91 Å². The van der Waals surface area contributed by atoms with Gasteiger partial charge in [0, 0.05) is 15.8 Å². The van der Waals surface area contributed by atoms with E-state index in [0.29, 0.717) is 16.1 Å². The number of fused-ring (bicyclic) bond motifs is 1. The Hall–Kier alpha value is -3.51.